The van der Waals surface area contributed by atoms with Crippen molar-refractivity contribution in [1.82, 2.24) is 0 Å². The van der Waals surface area contributed by atoms with Crippen LogP contribution < -0.4 is 0 Å². The highest BCUT2D eigenvalue weighted by Gasteiger charge is 2.93. The number of esters is 1. The zero-order valence-electron chi connectivity index (χ0n) is 12.8. The number of alkyl halides is 15. The third kappa shape index (κ3) is 3.99. The molecular formula is C11H4F15NO2. The minimum absolute atomic E-state index is 0.883. The fourth-order valence-electron chi connectivity index (χ4n) is 1.38. The minimum Gasteiger partial charge on any atom is -0.458 e. The summed E-state index contributed by atoms with van der Waals surface area (Å²) in [5, 5.41) is 7.94. The predicted octanol–water partition coefficient (Wildman–Crippen LogP) is 4.82. The van der Waals surface area contributed by atoms with Gasteiger partial charge in [0.25, 0.3) is 0 Å². The van der Waals surface area contributed by atoms with Crippen molar-refractivity contribution in [2.24, 2.45) is 0 Å². The van der Waals surface area contributed by atoms with E-state index in [4.69, 9.17) is 5.26 Å². The molecule has 0 radical (unpaired) electrons. The molecule has 0 aromatic rings. The molecule has 0 amide bonds. The summed E-state index contributed by atoms with van der Waals surface area (Å²) in [7, 11) is 0. The van der Waals surface area contributed by atoms with Gasteiger partial charge in [-0.05, 0) is 0 Å². The average molecular weight is 467 g/mol. The van der Waals surface area contributed by atoms with E-state index in [2.05, 4.69) is 4.74 Å². The molecule has 0 atom stereocenters. The van der Waals surface area contributed by atoms with Crippen molar-refractivity contribution in [3.05, 3.63) is 0 Å². The lowest BCUT2D eigenvalue weighted by atomic mass is 9.91. The van der Waals surface area contributed by atoms with E-state index in [9.17, 15) is 70.7 Å². The first-order valence-corrected chi connectivity index (χ1v) is 6.32. The summed E-state index contributed by atoms with van der Waals surface area (Å²) >= 11 is 0. The van der Waals surface area contributed by atoms with E-state index < -0.39 is 60.7 Å². The predicted molar refractivity (Wildman–Crippen MR) is 56.9 cm³/mol. The van der Waals surface area contributed by atoms with Crippen LogP contribution in [-0.4, -0.2) is 54.3 Å². The van der Waals surface area contributed by atoms with Crippen molar-refractivity contribution in [3.63, 3.8) is 0 Å². The molecule has 3 nitrogen and oxygen atoms in total. The molecule has 0 aromatic carbocycles. The Hall–Kier alpha value is -2.09. The first-order chi connectivity index (χ1) is 12.5. The van der Waals surface area contributed by atoms with Crippen molar-refractivity contribution >= 4 is 5.97 Å². The molecule has 0 N–H and O–H groups in total. The smallest absolute Gasteiger partial charge is 0.458 e. The summed E-state index contributed by atoms with van der Waals surface area (Å²) in [5.74, 6) is -49.6. The van der Waals surface area contributed by atoms with Crippen molar-refractivity contribution in [2.75, 3.05) is 6.61 Å². The molecule has 0 heterocycles. The van der Waals surface area contributed by atoms with Gasteiger partial charge < -0.3 is 4.74 Å². The quantitative estimate of drug-likeness (QED) is 0.380. The second-order valence-corrected chi connectivity index (χ2v) is 5.07. The number of nitriles is 1. The number of carbonyl (C=O) groups is 1. The van der Waals surface area contributed by atoms with Crippen molar-refractivity contribution < 1.29 is 75.4 Å². The van der Waals surface area contributed by atoms with Crippen LogP contribution in [0.2, 0.25) is 0 Å². The molecule has 0 aromatic heterocycles. The largest absolute Gasteiger partial charge is 0.460 e. The summed E-state index contributed by atoms with van der Waals surface area (Å²) in [4.78, 5) is 10.6. The molecule has 0 saturated carbocycles. The number of halogens is 15. The van der Waals surface area contributed by atoms with Gasteiger partial charge in [0.1, 0.15) is 6.42 Å². The maximum Gasteiger partial charge on any atom is 0.460 e. The van der Waals surface area contributed by atoms with Crippen LogP contribution in [0.4, 0.5) is 65.9 Å². The Morgan fingerprint density at radius 1 is 0.655 bits per heavy atom. The van der Waals surface area contributed by atoms with Gasteiger partial charge in [0, 0.05) is 0 Å². The summed E-state index contributed by atoms with van der Waals surface area (Å²) < 4.78 is 195. The van der Waals surface area contributed by atoms with Gasteiger partial charge in [-0.25, -0.2) is 0 Å². The number of nitrogens with zero attached hydrogens (tertiary/aromatic N) is 1. The van der Waals surface area contributed by atoms with E-state index in [0.717, 1.165) is 6.07 Å². The molecule has 170 valence electrons. The van der Waals surface area contributed by atoms with E-state index >= 15 is 0 Å². The number of hydrogen-bond donors (Lipinski definition) is 0. The Morgan fingerprint density at radius 2 is 1.00 bits per heavy atom. The van der Waals surface area contributed by atoms with Crippen molar-refractivity contribution in [3.8, 4) is 6.07 Å². The second-order valence-electron chi connectivity index (χ2n) is 5.07. The minimum atomic E-state index is -8.40. The first kappa shape index (κ1) is 26.9. The Bertz CT molecular complexity index is 660. The molecule has 0 aliphatic rings. The van der Waals surface area contributed by atoms with E-state index in [1.54, 1.807) is 0 Å². The number of ether oxygens (including phenoxy) is 1. The first-order valence-electron chi connectivity index (χ1n) is 6.32. The van der Waals surface area contributed by atoms with E-state index in [1.807, 2.05) is 0 Å². The third-order valence-corrected chi connectivity index (χ3v) is 3.03. The average Bonchev–Trinajstić information content (AvgIpc) is 2.51. The van der Waals surface area contributed by atoms with E-state index in [0.29, 0.717) is 0 Å². The third-order valence-electron chi connectivity index (χ3n) is 3.03. The van der Waals surface area contributed by atoms with E-state index in [-0.39, 0.29) is 0 Å². The van der Waals surface area contributed by atoms with E-state index in [1.165, 1.54) is 0 Å². The molecular weight excluding hydrogens is 463 g/mol. The lowest BCUT2D eigenvalue weighted by Gasteiger charge is -2.41. The highest BCUT2D eigenvalue weighted by molar-refractivity contribution is 5.71. The van der Waals surface area contributed by atoms with Gasteiger partial charge in [-0.1, -0.05) is 0 Å². The monoisotopic (exact) mass is 467 g/mol. The van der Waals surface area contributed by atoms with Gasteiger partial charge in [-0.15, -0.1) is 0 Å². The lowest BCUT2D eigenvalue weighted by molar-refractivity contribution is -0.453. The van der Waals surface area contributed by atoms with Gasteiger partial charge in [0.05, 0.1) is 6.07 Å². The molecule has 0 unspecified atom stereocenters. The molecule has 0 rings (SSSR count). The summed E-state index contributed by atoms with van der Waals surface area (Å²) in [6, 6.07) is 0.883. The fraction of sp³-hybridized carbons (Fsp3) is 0.818. The lowest BCUT2D eigenvalue weighted by Crippen LogP contribution is -2.73. The number of carbonyl (C=O) groups excluding carboxylic acids is 1. The van der Waals surface area contributed by atoms with Crippen LogP contribution in [0.1, 0.15) is 6.42 Å². The SMILES string of the molecule is N#CCC(=O)OCC(F)(F)C(F)(F)C(F)(F)C(F)(F)C(F)(F)C(F)(F)C(F)(F)F. The van der Waals surface area contributed by atoms with Crippen LogP contribution in [-0.2, 0) is 9.53 Å². The molecule has 0 saturated heterocycles. The zero-order valence-corrected chi connectivity index (χ0v) is 12.8. The summed E-state index contributed by atoms with van der Waals surface area (Å²) in [6.45, 7) is -3.24. The van der Waals surface area contributed by atoms with Gasteiger partial charge in [0.2, 0.25) is 0 Å². The van der Waals surface area contributed by atoms with Crippen LogP contribution in [0.3, 0.4) is 0 Å². The Morgan fingerprint density at radius 3 is 1.34 bits per heavy atom. The normalized spacial score (nSPS) is 15.1. The van der Waals surface area contributed by atoms with Crippen LogP contribution in [0.5, 0.6) is 0 Å². The van der Waals surface area contributed by atoms with Crippen molar-refractivity contribution in [1.29, 1.82) is 5.26 Å². The van der Waals surface area contributed by atoms with Gasteiger partial charge in [0.15, 0.2) is 6.61 Å². The van der Waals surface area contributed by atoms with Gasteiger partial charge in [-0.3, -0.25) is 4.79 Å². The summed E-state index contributed by atoms with van der Waals surface area (Å²) in [6.07, 6.45) is -9.13. The molecule has 0 bridgehead atoms. The topological polar surface area (TPSA) is 50.1 Å². The Kier molecular flexibility index (Phi) is 6.78. The molecule has 0 aliphatic carbocycles. The molecule has 18 heteroatoms. The number of hydrogen-bond acceptors (Lipinski definition) is 3. The molecule has 0 spiro atoms. The maximum atomic E-state index is 13.2. The van der Waals surface area contributed by atoms with Gasteiger partial charge in [-0.2, -0.15) is 71.1 Å². The van der Waals surface area contributed by atoms with Crippen LogP contribution in [0, 0.1) is 11.3 Å². The Labute approximate surface area is 149 Å². The standard InChI is InChI=1S/C11H4F15NO2/c12-5(13,3-29-4(28)1-2-27)6(14,15)7(16,17)8(18,19)9(20,21)10(22,23)11(24,25)26/h1,3H2. The van der Waals surface area contributed by atoms with Gasteiger partial charge >= 0.3 is 47.7 Å². The van der Waals surface area contributed by atoms with Crippen LogP contribution >= 0.6 is 0 Å². The highest BCUT2D eigenvalue weighted by atomic mass is 19.4. The number of rotatable bonds is 8. The molecule has 29 heavy (non-hydrogen) atoms. The second kappa shape index (κ2) is 7.31. The fourth-order valence-corrected chi connectivity index (χ4v) is 1.38. The molecule has 0 fully saturated rings. The maximum absolute atomic E-state index is 13.2. The van der Waals surface area contributed by atoms with Crippen LogP contribution in [0.15, 0.2) is 0 Å². The summed E-state index contributed by atoms with van der Waals surface area (Å²) in [5.41, 5.74) is 0. The van der Waals surface area contributed by atoms with Crippen molar-refractivity contribution in [2.45, 2.75) is 48.1 Å². The highest BCUT2D eigenvalue weighted by Crippen LogP contribution is 2.62. The Balaban J connectivity index is 6.23. The van der Waals surface area contributed by atoms with Crippen LogP contribution in [0.25, 0.3) is 0 Å². The zero-order chi connectivity index (χ0) is 23.9. The molecule has 0 aliphatic heterocycles.